The van der Waals surface area contributed by atoms with E-state index >= 15 is 0 Å². The van der Waals surface area contributed by atoms with Crippen LogP contribution in [-0.2, 0) is 0 Å². The summed E-state index contributed by atoms with van der Waals surface area (Å²) < 4.78 is 0. The Hall–Kier alpha value is -0.0800. The molecule has 0 bridgehead atoms. The molecule has 0 aliphatic carbocycles. The van der Waals surface area contributed by atoms with E-state index < -0.39 is 0 Å². The molecule has 3 N–H and O–H groups in total. The number of nitrogens with one attached hydrogen (secondary N) is 1. The van der Waals surface area contributed by atoms with Crippen LogP contribution in [0.3, 0.4) is 0 Å². The first-order valence-corrected chi connectivity index (χ1v) is 12.1. The Bertz CT molecular complexity index is 255. The van der Waals surface area contributed by atoms with Gasteiger partial charge in [0, 0.05) is 0 Å². The first-order valence-electron chi connectivity index (χ1n) is 12.1. The number of unbranched alkanes of at least 4 members (excludes halogenated alkanes) is 13. The second-order valence-corrected chi connectivity index (χ2v) is 8.65. The normalized spacial score (nSPS) is 13.8. The zero-order valence-electron chi connectivity index (χ0n) is 18.7. The summed E-state index contributed by atoms with van der Waals surface area (Å²) in [5.41, 5.74) is 5.75. The maximum Gasteiger partial charge on any atom is -0.00205 e. The van der Waals surface area contributed by atoms with Crippen molar-refractivity contribution in [3.8, 4) is 0 Å². The second kappa shape index (κ2) is 21.2. The van der Waals surface area contributed by atoms with Crippen molar-refractivity contribution in [2.24, 2.45) is 17.6 Å². The Morgan fingerprint density at radius 1 is 0.692 bits per heavy atom. The van der Waals surface area contributed by atoms with Crippen LogP contribution < -0.4 is 11.1 Å². The molecule has 26 heavy (non-hydrogen) atoms. The Morgan fingerprint density at radius 3 is 1.58 bits per heavy atom. The van der Waals surface area contributed by atoms with Gasteiger partial charge in [-0.3, -0.25) is 0 Å². The molecule has 0 rings (SSSR count). The zero-order valence-corrected chi connectivity index (χ0v) is 18.7. The van der Waals surface area contributed by atoms with E-state index in [9.17, 15) is 0 Å². The molecule has 158 valence electrons. The fourth-order valence-electron chi connectivity index (χ4n) is 3.81. The van der Waals surface area contributed by atoms with Gasteiger partial charge in [0.2, 0.25) is 0 Å². The van der Waals surface area contributed by atoms with E-state index in [2.05, 4.69) is 26.1 Å². The van der Waals surface area contributed by atoms with E-state index in [0.29, 0.717) is 5.92 Å². The first kappa shape index (κ1) is 25.9. The summed E-state index contributed by atoms with van der Waals surface area (Å²) in [5.74, 6) is 1.48. The van der Waals surface area contributed by atoms with Crippen molar-refractivity contribution in [2.45, 2.75) is 124 Å². The molecule has 0 aromatic carbocycles. The van der Waals surface area contributed by atoms with Crippen molar-refractivity contribution >= 4 is 0 Å². The summed E-state index contributed by atoms with van der Waals surface area (Å²) >= 11 is 0. The van der Waals surface area contributed by atoms with E-state index in [0.717, 1.165) is 12.5 Å². The summed E-state index contributed by atoms with van der Waals surface area (Å²) in [6.45, 7) is 10.1. The van der Waals surface area contributed by atoms with Gasteiger partial charge in [-0.15, -0.1) is 0 Å². The van der Waals surface area contributed by atoms with Crippen LogP contribution in [-0.4, -0.2) is 19.6 Å². The molecule has 0 heterocycles. The van der Waals surface area contributed by atoms with Crippen LogP contribution >= 0.6 is 0 Å². The minimum absolute atomic E-state index is 0.669. The number of nitrogens with two attached hydrogens (primary N) is 1. The van der Waals surface area contributed by atoms with Crippen molar-refractivity contribution in [3.05, 3.63) is 0 Å². The molecule has 0 aromatic rings. The van der Waals surface area contributed by atoms with Crippen molar-refractivity contribution in [3.63, 3.8) is 0 Å². The monoisotopic (exact) mass is 368 g/mol. The molecule has 0 fully saturated rings. The predicted molar refractivity (Wildman–Crippen MR) is 120 cm³/mol. The highest BCUT2D eigenvalue weighted by molar-refractivity contribution is 4.65. The van der Waals surface area contributed by atoms with Crippen LogP contribution in [0.4, 0.5) is 0 Å². The minimum atomic E-state index is 0.669. The lowest BCUT2D eigenvalue weighted by molar-refractivity contribution is 0.365. The molecule has 2 nitrogen and oxygen atoms in total. The van der Waals surface area contributed by atoms with Crippen molar-refractivity contribution in [1.29, 1.82) is 0 Å². The van der Waals surface area contributed by atoms with E-state index in [4.69, 9.17) is 5.73 Å². The maximum absolute atomic E-state index is 5.75. The molecule has 0 saturated heterocycles. The molecule has 0 aliphatic heterocycles. The van der Waals surface area contributed by atoms with Gasteiger partial charge in [-0.2, -0.15) is 0 Å². The highest BCUT2D eigenvalue weighted by Gasteiger charge is 2.09. The maximum atomic E-state index is 5.75. The molecule has 2 atom stereocenters. The predicted octanol–water partition coefficient (Wildman–Crippen LogP) is 7.07. The lowest BCUT2D eigenvalue weighted by atomic mass is 9.93. The van der Waals surface area contributed by atoms with Gasteiger partial charge in [-0.05, 0) is 44.3 Å². The highest BCUT2D eigenvalue weighted by atomic mass is 14.9. The van der Waals surface area contributed by atoms with Gasteiger partial charge in [0.05, 0.1) is 0 Å². The topological polar surface area (TPSA) is 38.0 Å². The van der Waals surface area contributed by atoms with Gasteiger partial charge >= 0.3 is 0 Å². The summed E-state index contributed by atoms with van der Waals surface area (Å²) in [5, 5.41) is 3.67. The van der Waals surface area contributed by atoms with Crippen LogP contribution in [0.15, 0.2) is 0 Å². The SMILES string of the molecule is CCCCCCCCCCCCCCCCNCC(CC)CC(C)CN. The first-order chi connectivity index (χ1) is 12.7. The third-order valence-electron chi connectivity index (χ3n) is 5.86. The lowest BCUT2D eigenvalue weighted by Gasteiger charge is -2.19. The van der Waals surface area contributed by atoms with Crippen molar-refractivity contribution in [2.75, 3.05) is 19.6 Å². The Morgan fingerprint density at radius 2 is 1.15 bits per heavy atom. The zero-order chi connectivity index (χ0) is 19.3. The van der Waals surface area contributed by atoms with Crippen LogP contribution in [0.25, 0.3) is 0 Å². The van der Waals surface area contributed by atoms with E-state index in [1.165, 1.54) is 116 Å². The average Bonchev–Trinajstić information content (AvgIpc) is 2.66. The van der Waals surface area contributed by atoms with Crippen molar-refractivity contribution < 1.29 is 0 Å². The fourth-order valence-corrected chi connectivity index (χ4v) is 3.81. The molecular weight excluding hydrogens is 316 g/mol. The average molecular weight is 369 g/mol. The number of hydrogen-bond acceptors (Lipinski definition) is 2. The van der Waals surface area contributed by atoms with Gasteiger partial charge < -0.3 is 11.1 Å². The molecule has 0 saturated carbocycles. The summed E-state index contributed by atoms with van der Waals surface area (Å²) in [7, 11) is 0. The number of hydrogen-bond donors (Lipinski definition) is 2. The van der Waals surface area contributed by atoms with Gasteiger partial charge in [-0.1, -0.05) is 111 Å². The fraction of sp³-hybridized carbons (Fsp3) is 1.00. The summed E-state index contributed by atoms with van der Waals surface area (Å²) in [6, 6.07) is 0. The molecule has 2 unspecified atom stereocenters. The molecule has 2 heteroatoms. The quantitative estimate of drug-likeness (QED) is 0.213. The highest BCUT2D eigenvalue weighted by Crippen LogP contribution is 2.14. The standard InChI is InChI=1S/C24H52N2/c1-4-6-7-8-9-10-11-12-13-14-15-16-17-18-19-26-22-24(5-2)20-23(3)21-25/h23-24,26H,4-22,25H2,1-3H3. The Kier molecular flexibility index (Phi) is 21.2. The van der Waals surface area contributed by atoms with E-state index in [1.54, 1.807) is 0 Å². The van der Waals surface area contributed by atoms with Crippen molar-refractivity contribution in [1.82, 2.24) is 5.32 Å². The van der Waals surface area contributed by atoms with Gasteiger partial charge in [0.25, 0.3) is 0 Å². The molecule has 0 radical (unpaired) electrons. The molecule has 0 spiro atoms. The third-order valence-corrected chi connectivity index (χ3v) is 5.86. The number of rotatable bonds is 21. The van der Waals surface area contributed by atoms with E-state index in [1.807, 2.05) is 0 Å². The van der Waals surface area contributed by atoms with Gasteiger partial charge in [0.15, 0.2) is 0 Å². The summed E-state index contributed by atoms with van der Waals surface area (Å²) in [6.07, 6.45) is 22.7. The molecular formula is C24H52N2. The van der Waals surface area contributed by atoms with Crippen LogP contribution in [0.2, 0.25) is 0 Å². The largest absolute Gasteiger partial charge is 0.330 e. The third kappa shape index (κ3) is 18.7. The van der Waals surface area contributed by atoms with Gasteiger partial charge in [-0.25, -0.2) is 0 Å². The van der Waals surface area contributed by atoms with Crippen LogP contribution in [0, 0.1) is 11.8 Å². The smallest absolute Gasteiger partial charge is 0.00205 e. The van der Waals surface area contributed by atoms with Gasteiger partial charge in [0.1, 0.15) is 0 Å². The van der Waals surface area contributed by atoms with Crippen LogP contribution in [0.1, 0.15) is 124 Å². The molecule has 0 amide bonds. The minimum Gasteiger partial charge on any atom is -0.330 e. The molecule has 0 aromatic heterocycles. The molecule has 0 aliphatic rings. The summed E-state index contributed by atoms with van der Waals surface area (Å²) in [4.78, 5) is 0. The Balaban J connectivity index is 3.19. The lowest BCUT2D eigenvalue weighted by Crippen LogP contribution is -2.26. The van der Waals surface area contributed by atoms with E-state index in [-0.39, 0.29) is 0 Å². The second-order valence-electron chi connectivity index (χ2n) is 8.65. The van der Waals surface area contributed by atoms with Crippen LogP contribution in [0.5, 0.6) is 0 Å². The Labute approximate surface area is 166 Å².